The lowest BCUT2D eigenvalue weighted by Gasteiger charge is -2.36. The average molecular weight is 678 g/mol. The van der Waals surface area contributed by atoms with Crippen molar-refractivity contribution in [3.8, 4) is 17.0 Å². The number of nitrogens with zero attached hydrogens (tertiary/aromatic N) is 8. The van der Waals surface area contributed by atoms with E-state index in [1.165, 1.54) is 16.8 Å². The topological polar surface area (TPSA) is 124 Å². The van der Waals surface area contributed by atoms with Crippen LogP contribution in [0, 0.1) is 5.92 Å². The monoisotopic (exact) mass is 677 g/mol. The van der Waals surface area contributed by atoms with E-state index in [-0.39, 0.29) is 34.8 Å². The van der Waals surface area contributed by atoms with Gasteiger partial charge in [-0.2, -0.15) is 29.2 Å². The molecule has 15 heteroatoms. The van der Waals surface area contributed by atoms with Crippen molar-refractivity contribution >= 4 is 29.0 Å². The molecule has 0 bridgehead atoms. The fourth-order valence-electron chi connectivity index (χ4n) is 6.53. The van der Waals surface area contributed by atoms with E-state index >= 15 is 0 Å². The Hall–Kier alpha value is -4.21. The highest BCUT2D eigenvalue weighted by Gasteiger charge is 2.32. The first-order chi connectivity index (χ1) is 23.3. The smallest absolute Gasteiger partial charge is 0.387 e. The second kappa shape index (κ2) is 14.1. The zero-order chi connectivity index (χ0) is 33.2. The maximum absolute atomic E-state index is 13.6. The molecule has 1 amide bonds. The number of aromatic nitrogens is 5. The Balaban J connectivity index is 1.16. The maximum atomic E-state index is 13.6. The van der Waals surface area contributed by atoms with Crippen molar-refractivity contribution in [2.45, 2.75) is 68.5 Å². The average Bonchev–Trinajstić information content (AvgIpc) is 3.89. The number of anilines is 1. The van der Waals surface area contributed by atoms with Gasteiger partial charge in [-0.15, -0.1) is 11.8 Å². The number of halogens is 2. The molecule has 4 aromatic rings. The van der Waals surface area contributed by atoms with Gasteiger partial charge in [0, 0.05) is 46.9 Å². The van der Waals surface area contributed by atoms with E-state index in [2.05, 4.69) is 36.6 Å². The number of carbonyl (C=O) groups is 1. The van der Waals surface area contributed by atoms with E-state index in [9.17, 15) is 13.6 Å². The first-order valence-corrected chi connectivity index (χ1v) is 17.0. The van der Waals surface area contributed by atoms with E-state index in [4.69, 9.17) is 14.6 Å². The lowest BCUT2D eigenvalue weighted by atomic mass is 9.89. The Morgan fingerprint density at radius 2 is 2.06 bits per heavy atom. The first-order valence-electron chi connectivity index (χ1n) is 16.2. The van der Waals surface area contributed by atoms with Gasteiger partial charge in [0.15, 0.2) is 5.65 Å². The summed E-state index contributed by atoms with van der Waals surface area (Å²) in [6, 6.07) is 7.24. The predicted molar refractivity (Wildman–Crippen MR) is 176 cm³/mol. The molecule has 1 N–H and O–H groups in total. The van der Waals surface area contributed by atoms with Gasteiger partial charge in [0.25, 0.3) is 5.91 Å². The minimum Gasteiger partial charge on any atom is -0.434 e. The summed E-state index contributed by atoms with van der Waals surface area (Å²) in [6.07, 6.45) is 11.7. The van der Waals surface area contributed by atoms with Crippen LogP contribution in [0.1, 0.15) is 43.5 Å². The molecule has 48 heavy (non-hydrogen) atoms. The highest BCUT2D eigenvalue weighted by Crippen LogP contribution is 2.39. The lowest BCUT2D eigenvalue weighted by Crippen LogP contribution is -2.43. The molecule has 3 aromatic heterocycles. The number of thioether (sulfide) groups is 1. The number of azo groups is 1. The number of piperidine rings is 1. The summed E-state index contributed by atoms with van der Waals surface area (Å²) in [4.78, 5) is 21.2. The molecule has 3 aliphatic rings. The van der Waals surface area contributed by atoms with Crippen LogP contribution in [0.15, 0.2) is 75.9 Å². The molecule has 12 nitrogen and oxygen atoms in total. The van der Waals surface area contributed by atoms with E-state index in [0.29, 0.717) is 28.9 Å². The van der Waals surface area contributed by atoms with Gasteiger partial charge in [-0.3, -0.25) is 14.4 Å². The summed E-state index contributed by atoms with van der Waals surface area (Å²) >= 11 is 1.58. The van der Waals surface area contributed by atoms with Crippen LogP contribution in [0.2, 0.25) is 0 Å². The summed E-state index contributed by atoms with van der Waals surface area (Å²) in [5.74, 6) is -0.113. The Morgan fingerprint density at radius 1 is 1.21 bits per heavy atom. The largest absolute Gasteiger partial charge is 0.434 e. The number of benzene rings is 1. The molecule has 2 saturated heterocycles. The third kappa shape index (κ3) is 7.12. The van der Waals surface area contributed by atoms with Gasteiger partial charge in [0.05, 0.1) is 36.8 Å². The van der Waals surface area contributed by atoms with Gasteiger partial charge in [-0.1, -0.05) is 13.8 Å². The van der Waals surface area contributed by atoms with Crippen molar-refractivity contribution in [3.05, 3.63) is 66.4 Å². The number of carbonyl (C=O) groups excluding carboxylic acids is 1. The number of hydrogen-bond acceptors (Lipinski definition) is 10. The quantitative estimate of drug-likeness (QED) is 0.187. The van der Waals surface area contributed by atoms with Gasteiger partial charge >= 0.3 is 6.61 Å². The third-order valence-corrected chi connectivity index (χ3v) is 9.81. The Kier molecular flexibility index (Phi) is 9.50. The van der Waals surface area contributed by atoms with Gasteiger partial charge in [-0.05, 0) is 68.6 Å². The molecular weight excluding hydrogens is 640 g/mol. The Bertz CT molecular complexity index is 1830. The van der Waals surface area contributed by atoms with Crippen LogP contribution in [0.4, 0.5) is 14.5 Å². The molecule has 3 aliphatic heterocycles. The van der Waals surface area contributed by atoms with Crippen LogP contribution >= 0.6 is 11.8 Å². The number of amides is 1. The van der Waals surface area contributed by atoms with Gasteiger partial charge in [0.2, 0.25) is 0 Å². The van der Waals surface area contributed by atoms with Gasteiger partial charge in [-0.25, -0.2) is 9.50 Å². The Morgan fingerprint density at radius 3 is 2.83 bits per heavy atom. The molecule has 0 radical (unpaired) electrons. The molecule has 7 rings (SSSR count). The zero-order valence-electron chi connectivity index (χ0n) is 26.7. The van der Waals surface area contributed by atoms with E-state index in [0.717, 1.165) is 56.2 Å². The molecule has 0 spiro atoms. The van der Waals surface area contributed by atoms with Crippen LogP contribution in [0.5, 0.6) is 5.75 Å². The Labute approximate surface area is 280 Å². The van der Waals surface area contributed by atoms with Gasteiger partial charge < -0.3 is 14.8 Å². The number of fused-ring (bicyclic) bond motifs is 1. The number of alkyl halides is 2. The second-order valence-electron chi connectivity index (χ2n) is 12.4. The van der Waals surface area contributed by atoms with E-state index in [1.54, 1.807) is 53.2 Å². The lowest BCUT2D eigenvalue weighted by molar-refractivity contribution is -0.0494. The molecule has 252 valence electrons. The fraction of sp³-hybridized carbons (Fsp3) is 0.455. The summed E-state index contributed by atoms with van der Waals surface area (Å²) in [7, 11) is 0. The van der Waals surface area contributed by atoms with Crippen molar-refractivity contribution < 1.29 is 23.0 Å². The maximum Gasteiger partial charge on any atom is 0.387 e. The molecule has 2 fully saturated rings. The summed E-state index contributed by atoms with van der Waals surface area (Å²) in [5.41, 5.74) is 2.31. The molecule has 2 atom stereocenters. The molecule has 0 saturated carbocycles. The van der Waals surface area contributed by atoms with Crippen LogP contribution < -0.4 is 10.1 Å². The summed E-state index contributed by atoms with van der Waals surface area (Å²) in [6.45, 7) is 5.04. The minimum atomic E-state index is -3.04. The standard InChI is InChI=1S/C33H37F2N9O3S/c1-20(2)48-24-4-5-29(47-33(34)35)25(15-24)30-28(38-32(45)26-16-37-44-10-3-9-36-31(26)44)18-43(41-30)17-22-14-27(40-39-22)21-6-11-42(12-7-21)23-8-13-46-19-23/h3-5,9-10,14-16,18,20-21,23,27,33H,6-8,11-13,17,19H2,1-2H3,(H,38,45). The number of rotatable bonds is 11. The molecular formula is C33H37F2N9O3S. The predicted octanol–water partition coefficient (Wildman–Crippen LogP) is 6.17. The van der Waals surface area contributed by atoms with Crippen LogP contribution in [-0.2, 0) is 11.3 Å². The molecule has 6 heterocycles. The zero-order valence-corrected chi connectivity index (χ0v) is 27.5. The molecule has 2 unspecified atom stereocenters. The van der Waals surface area contributed by atoms with Crippen LogP contribution in [-0.4, -0.2) is 85.4 Å². The highest BCUT2D eigenvalue weighted by atomic mass is 32.2. The minimum absolute atomic E-state index is 0.00455. The van der Waals surface area contributed by atoms with Crippen LogP contribution in [0.25, 0.3) is 16.9 Å². The SMILES string of the molecule is CC(C)Sc1ccc(OC(F)F)c(-c2nn(CC3=CC(C4CCN(C5CCOC5)CC4)N=N3)cc2NC(=O)c2cnn3cccnc23)c1. The number of allylic oxidation sites excluding steroid dienone is 1. The number of hydrogen-bond donors (Lipinski definition) is 1. The van der Waals surface area contributed by atoms with Crippen molar-refractivity contribution in [3.63, 3.8) is 0 Å². The second-order valence-corrected chi connectivity index (χ2v) is 14.1. The third-order valence-electron chi connectivity index (χ3n) is 8.81. The van der Waals surface area contributed by atoms with E-state index in [1.807, 2.05) is 13.8 Å². The summed E-state index contributed by atoms with van der Waals surface area (Å²) < 4.78 is 40.8. The molecule has 0 aliphatic carbocycles. The van der Waals surface area contributed by atoms with E-state index < -0.39 is 12.5 Å². The molecule has 1 aromatic carbocycles. The van der Waals surface area contributed by atoms with Crippen molar-refractivity contribution in [2.75, 3.05) is 31.6 Å². The summed E-state index contributed by atoms with van der Waals surface area (Å²) in [5, 5.41) is 21.3. The van der Waals surface area contributed by atoms with Crippen molar-refractivity contribution in [2.24, 2.45) is 16.1 Å². The number of nitrogens with one attached hydrogen (secondary N) is 1. The number of ether oxygens (including phenoxy) is 2. The van der Waals surface area contributed by atoms with Crippen molar-refractivity contribution in [1.29, 1.82) is 0 Å². The highest BCUT2D eigenvalue weighted by molar-refractivity contribution is 7.99. The van der Waals surface area contributed by atoms with Crippen LogP contribution in [0.3, 0.4) is 0 Å². The normalized spacial score (nSPS) is 20.3. The first kappa shape index (κ1) is 32.3. The fourth-order valence-corrected chi connectivity index (χ4v) is 7.41. The van der Waals surface area contributed by atoms with Crippen molar-refractivity contribution in [1.82, 2.24) is 29.3 Å². The number of likely N-dealkylation sites (tertiary alicyclic amines) is 1. The van der Waals surface area contributed by atoms with Gasteiger partial charge in [0.1, 0.15) is 17.0 Å².